The number of hydrogen-bond donors (Lipinski definition) is 0. The summed E-state index contributed by atoms with van der Waals surface area (Å²) in [7, 11) is 2.02. The predicted molar refractivity (Wildman–Crippen MR) is 73.8 cm³/mol. The van der Waals surface area contributed by atoms with Crippen molar-refractivity contribution >= 4 is 28.4 Å². The molecule has 2 aromatic rings. The second-order valence-corrected chi connectivity index (χ2v) is 4.90. The van der Waals surface area contributed by atoms with Gasteiger partial charge in [-0.2, -0.15) is 4.98 Å². The van der Waals surface area contributed by atoms with Crippen LogP contribution in [0, 0.1) is 3.90 Å². The highest BCUT2D eigenvalue weighted by molar-refractivity contribution is 14.1. The summed E-state index contributed by atoms with van der Waals surface area (Å²) in [5.74, 6) is 1.50. The van der Waals surface area contributed by atoms with E-state index >= 15 is 0 Å². The molecule has 0 N–H and O–H groups in total. The van der Waals surface area contributed by atoms with Crippen LogP contribution in [-0.2, 0) is 0 Å². The highest BCUT2D eigenvalue weighted by atomic mass is 127. The number of pyridine rings is 1. The number of hydrogen-bond acceptors (Lipinski definition) is 5. The van der Waals surface area contributed by atoms with Crippen molar-refractivity contribution in [3.8, 4) is 11.4 Å². The summed E-state index contributed by atoms with van der Waals surface area (Å²) in [5.41, 5.74) is 0.859. The molecule has 2 aromatic heterocycles. The van der Waals surface area contributed by atoms with Crippen molar-refractivity contribution in [1.29, 1.82) is 0 Å². The molecule has 0 unspecified atom stereocenters. The molecule has 0 radical (unpaired) electrons. The van der Waals surface area contributed by atoms with Gasteiger partial charge in [-0.25, -0.2) is 4.98 Å². The Morgan fingerprint density at radius 2 is 2.12 bits per heavy atom. The minimum atomic E-state index is 0.416. The summed E-state index contributed by atoms with van der Waals surface area (Å²) in [4.78, 5) is 10.6. The van der Waals surface area contributed by atoms with Crippen molar-refractivity contribution in [2.45, 2.75) is 19.9 Å². The Hall–Kier alpha value is -1.18. The molecule has 0 aliphatic rings. The third kappa shape index (κ3) is 2.74. The van der Waals surface area contributed by atoms with Crippen LogP contribution in [0.1, 0.15) is 13.8 Å². The minimum absolute atomic E-state index is 0.416. The molecule has 0 bridgehead atoms. The summed E-state index contributed by atoms with van der Waals surface area (Å²) >= 11 is 1.98. The van der Waals surface area contributed by atoms with Gasteiger partial charge in [-0.3, -0.25) is 0 Å². The normalized spacial score (nSPS) is 10.9. The molecule has 5 nitrogen and oxygen atoms in total. The van der Waals surface area contributed by atoms with Gasteiger partial charge < -0.3 is 9.42 Å². The van der Waals surface area contributed by atoms with Gasteiger partial charge in [0, 0.05) is 47.4 Å². The highest BCUT2D eigenvalue weighted by Crippen LogP contribution is 2.19. The monoisotopic (exact) mass is 344 g/mol. The van der Waals surface area contributed by atoms with Gasteiger partial charge in [-0.1, -0.05) is 5.16 Å². The fraction of sp³-hybridized carbons (Fsp3) is 0.364. The molecule has 2 heterocycles. The van der Waals surface area contributed by atoms with Crippen molar-refractivity contribution in [2.75, 3.05) is 11.9 Å². The molecule has 0 atom stereocenters. The molecular weight excluding hydrogens is 331 g/mol. The molecule has 0 amide bonds. The Bertz CT molecular complexity index is 494. The molecule has 0 aromatic carbocycles. The average molecular weight is 344 g/mol. The zero-order chi connectivity index (χ0) is 12.4. The molecular formula is C11H13IN4O. The molecule has 6 heteroatoms. The first-order valence-electron chi connectivity index (χ1n) is 5.26. The van der Waals surface area contributed by atoms with Crippen LogP contribution in [0.5, 0.6) is 0 Å². The van der Waals surface area contributed by atoms with E-state index in [0.29, 0.717) is 15.8 Å². The van der Waals surface area contributed by atoms with Crippen LogP contribution in [-0.4, -0.2) is 28.2 Å². The van der Waals surface area contributed by atoms with E-state index in [1.54, 1.807) is 6.20 Å². The van der Waals surface area contributed by atoms with Crippen molar-refractivity contribution in [2.24, 2.45) is 0 Å². The third-order valence-electron chi connectivity index (χ3n) is 2.54. The van der Waals surface area contributed by atoms with Gasteiger partial charge in [-0.15, -0.1) is 0 Å². The summed E-state index contributed by atoms with van der Waals surface area (Å²) in [6, 6.07) is 4.32. The summed E-state index contributed by atoms with van der Waals surface area (Å²) in [6.07, 6.45) is 1.76. The summed E-state index contributed by atoms with van der Waals surface area (Å²) in [6.45, 7) is 4.24. The first kappa shape index (κ1) is 12.3. The second-order valence-electron chi connectivity index (χ2n) is 3.98. The molecule has 0 saturated heterocycles. The van der Waals surface area contributed by atoms with Gasteiger partial charge >= 0.3 is 0 Å². The minimum Gasteiger partial charge on any atom is -0.357 e. The van der Waals surface area contributed by atoms with Crippen LogP contribution >= 0.6 is 22.6 Å². The maximum absolute atomic E-state index is 4.92. The van der Waals surface area contributed by atoms with Crippen LogP contribution in [0.15, 0.2) is 22.9 Å². The quantitative estimate of drug-likeness (QED) is 0.801. The summed E-state index contributed by atoms with van der Waals surface area (Å²) in [5, 5.41) is 3.85. The SMILES string of the molecule is CC(C)N(C)c1ccc(-c2noc(I)n2)cn1. The number of anilines is 1. The second kappa shape index (κ2) is 4.99. The Balaban J connectivity index is 2.24. The molecule has 17 heavy (non-hydrogen) atoms. The first-order valence-corrected chi connectivity index (χ1v) is 6.34. The smallest absolute Gasteiger partial charge is 0.287 e. The molecule has 90 valence electrons. The van der Waals surface area contributed by atoms with E-state index in [1.807, 2.05) is 41.8 Å². The topological polar surface area (TPSA) is 55.1 Å². The van der Waals surface area contributed by atoms with E-state index in [9.17, 15) is 0 Å². The fourth-order valence-electron chi connectivity index (χ4n) is 1.31. The van der Waals surface area contributed by atoms with E-state index in [0.717, 1.165) is 11.4 Å². The zero-order valence-corrected chi connectivity index (χ0v) is 12.0. The number of nitrogens with zero attached hydrogens (tertiary/aromatic N) is 4. The lowest BCUT2D eigenvalue weighted by Crippen LogP contribution is -2.26. The number of rotatable bonds is 3. The number of aromatic nitrogens is 3. The highest BCUT2D eigenvalue weighted by Gasteiger charge is 2.09. The van der Waals surface area contributed by atoms with Gasteiger partial charge in [0.05, 0.1) is 0 Å². The molecule has 0 aliphatic carbocycles. The Morgan fingerprint density at radius 1 is 1.35 bits per heavy atom. The molecule has 0 aliphatic heterocycles. The zero-order valence-electron chi connectivity index (χ0n) is 9.88. The van der Waals surface area contributed by atoms with Crippen LogP contribution in [0.25, 0.3) is 11.4 Å². The van der Waals surface area contributed by atoms with E-state index < -0.39 is 0 Å². The third-order valence-corrected chi connectivity index (χ3v) is 2.98. The van der Waals surface area contributed by atoms with Crippen LogP contribution < -0.4 is 4.90 Å². The molecule has 0 spiro atoms. The van der Waals surface area contributed by atoms with Crippen molar-refractivity contribution in [1.82, 2.24) is 15.1 Å². The maximum Gasteiger partial charge on any atom is 0.287 e. The van der Waals surface area contributed by atoms with E-state index in [4.69, 9.17) is 4.52 Å². The van der Waals surface area contributed by atoms with Crippen LogP contribution in [0.2, 0.25) is 0 Å². The lowest BCUT2D eigenvalue weighted by Gasteiger charge is -2.22. The molecule has 2 rings (SSSR count). The van der Waals surface area contributed by atoms with Gasteiger partial charge in [0.2, 0.25) is 5.82 Å². The predicted octanol–water partition coefficient (Wildman–Crippen LogP) is 2.58. The Labute approximate surface area is 113 Å². The molecule has 0 saturated carbocycles. The fourth-order valence-corrected chi connectivity index (χ4v) is 1.64. The standard InChI is InChI=1S/C11H13IN4O/c1-7(2)16(3)9-5-4-8(6-13-9)10-14-11(12)17-15-10/h4-7H,1-3H3. The molecule has 0 fully saturated rings. The van der Waals surface area contributed by atoms with E-state index in [2.05, 4.69) is 33.9 Å². The lowest BCUT2D eigenvalue weighted by molar-refractivity contribution is 0.394. The first-order chi connectivity index (χ1) is 8.08. The van der Waals surface area contributed by atoms with Crippen molar-refractivity contribution < 1.29 is 4.52 Å². The van der Waals surface area contributed by atoms with Crippen LogP contribution in [0.3, 0.4) is 0 Å². The largest absolute Gasteiger partial charge is 0.357 e. The van der Waals surface area contributed by atoms with E-state index in [-0.39, 0.29) is 0 Å². The summed E-state index contributed by atoms with van der Waals surface area (Å²) < 4.78 is 5.45. The van der Waals surface area contributed by atoms with Crippen molar-refractivity contribution in [3.05, 3.63) is 22.2 Å². The lowest BCUT2D eigenvalue weighted by atomic mass is 10.2. The van der Waals surface area contributed by atoms with Gasteiger partial charge in [-0.05, 0) is 26.0 Å². The Morgan fingerprint density at radius 3 is 2.59 bits per heavy atom. The number of halogens is 1. The van der Waals surface area contributed by atoms with Gasteiger partial charge in [0.1, 0.15) is 5.82 Å². The Kier molecular flexibility index (Phi) is 3.60. The van der Waals surface area contributed by atoms with Gasteiger partial charge in [0.25, 0.3) is 3.90 Å². The average Bonchev–Trinajstić information content (AvgIpc) is 2.75. The van der Waals surface area contributed by atoms with Crippen molar-refractivity contribution in [3.63, 3.8) is 0 Å². The maximum atomic E-state index is 4.92. The van der Waals surface area contributed by atoms with E-state index in [1.165, 1.54) is 0 Å². The van der Waals surface area contributed by atoms with Gasteiger partial charge in [0.15, 0.2) is 0 Å². The van der Waals surface area contributed by atoms with Crippen LogP contribution in [0.4, 0.5) is 5.82 Å².